The second-order valence-corrected chi connectivity index (χ2v) is 5.08. The van der Waals surface area contributed by atoms with E-state index in [-0.39, 0.29) is 5.91 Å². The molecule has 1 amide bonds. The van der Waals surface area contributed by atoms with Crippen LogP contribution in [-0.2, 0) is 4.79 Å². The van der Waals surface area contributed by atoms with Crippen LogP contribution in [0.15, 0.2) is 12.1 Å². The van der Waals surface area contributed by atoms with Crippen molar-refractivity contribution >= 4 is 17.9 Å². The van der Waals surface area contributed by atoms with E-state index in [1.165, 1.54) is 0 Å². The molecule has 0 radical (unpaired) electrons. The van der Waals surface area contributed by atoms with Gasteiger partial charge in [0.25, 0.3) is 5.91 Å². The Labute approximate surface area is 124 Å². The Morgan fingerprint density at radius 3 is 2.71 bits per heavy atom. The Balaban J connectivity index is 2.51. The SMILES string of the molecule is CCCOc1cc(C=O)cc2c1OC(C)C(=O)N2CCC. The average molecular weight is 291 g/mol. The Kier molecular flexibility index (Phi) is 4.83. The Morgan fingerprint density at radius 1 is 1.33 bits per heavy atom. The lowest BCUT2D eigenvalue weighted by Gasteiger charge is -2.34. The second-order valence-electron chi connectivity index (χ2n) is 5.08. The first-order valence-corrected chi connectivity index (χ1v) is 7.36. The van der Waals surface area contributed by atoms with Crippen LogP contribution in [-0.4, -0.2) is 31.4 Å². The highest BCUT2D eigenvalue weighted by atomic mass is 16.5. The fraction of sp³-hybridized carbons (Fsp3) is 0.500. The number of benzene rings is 1. The summed E-state index contributed by atoms with van der Waals surface area (Å²) in [6.45, 7) is 6.87. The number of anilines is 1. The molecule has 5 nitrogen and oxygen atoms in total. The fourth-order valence-corrected chi connectivity index (χ4v) is 2.33. The lowest BCUT2D eigenvalue weighted by molar-refractivity contribution is -0.125. The van der Waals surface area contributed by atoms with E-state index >= 15 is 0 Å². The summed E-state index contributed by atoms with van der Waals surface area (Å²) in [5.41, 5.74) is 1.10. The molecule has 1 atom stereocenters. The van der Waals surface area contributed by atoms with Gasteiger partial charge in [-0.1, -0.05) is 13.8 Å². The summed E-state index contributed by atoms with van der Waals surface area (Å²) in [5, 5.41) is 0. The van der Waals surface area contributed by atoms with Gasteiger partial charge in [0.1, 0.15) is 6.29 Å². The predicted molar refractivity (Wildman–Crippen MR) is 80.3 cm³/mol. The Hall–Kier alpha value is -2.04. The van der Waals surface area contributed by atoms with Crippen LogP contribution in [0.4, 0.5) is 5.69 Å². The molecule has 5 heteroatoms. The van der Waals surface area contributed by atoms with Gasteiger partial charge in [-0.05, 0) is 31.9 Å². The summed E-state index contributed by atoms with van der Waals surface area (Å²) in [6.07, 6.45) is 1.89. The van der Waals surface area contributed by atoms with Gasteiger partial charge in [0.15, 0.2) is 17.6 Å². The molecule has 0 fully saturated rings. The zero-order valence-electron chi connectivity index (χ0n) is 12.7. The number of nitrogens with zero attached hydrogens (tertiary/aromatic N) is 1. The second kappa shape index (κ2) is 6.61. The molecule has 1 aromatic rings. The largest absolute Gasteiger partial charge is 0.490 e. The smallest absolute Gasteiger partial charge is 0.267 e. The zero-order chi connectivity index (χ0) is 15.4. The standard InChI is InChI=1S/C16H21NO4/c1-4-6-17-13-8-12(10-18)9-14(20-7-5-2)15(13)21-11(3)16(17)19/h8-11H,4-7H2,1-3H3. The van der Waals surface area contributed by atoms with E-state index in [0.717, 1.165) is 19.1 Å². The average Bonchev–Trinajstić information content (AvgIpc) is 2.49. The first-order chi connectivity index (χ1) is 10.1. The highest BCUT2D eigenvalue weighted by Crippen LogP contribution is 2.42. The molecule has 1 aromatic carbocycles. The minimum Gasteiger partial charge on any atom is -0.490 e. The fourth-order valence-electron chi connectivity index (χ4n) is 2.33. The van der Waals surface area contributed by atoms with E-state index in [0.29, 0.717) is 35.9 Å². The lowest BCUT2D eigenvalue weighted by Crippen LogP contribution is -2.45. The Bertz CT molecular complexity index is 541. The molecule has 21 heavy (non-hydrogen) atoms. The van der Waals surface area contributed by atoms with Crippen molar-refractivity contribution in [3.05, 3.63) is 17.7 Å². The normalized spacial score (nSPS) is 17.2. The van der Waals surface area contributed by atoms with Crippen LogP contribution in [0, 0.1) is 0 Å². The van der Waals surface area contributed by atoms with Gasteiger partial charge < -0.3 is 14.4 Å². The molecule has 1 aliphatic heterocycles. The summed E-state index contributed by atoms with van der Waals surface area (Å²) < 4.78 is 11.4. The third-order valence-corrected chi connectivity index (χ3v) is 3.30. The molecular weight excluding hydrogens is 270 g/mol. The predicted octanol–water partition coefficient (Wildman–Crippen LogP) is 2.81. The van der Waals surface area contributed by atoms with Crippen LogP contribution in [0.3, 0.4) is 0 Å². The van der Waals surface area contributed by atoms with Gasteiger partial charge in [0.2, 0.25) is 0 Å². The van der Waals surface area contributed by atoms with Crippen LogP contribution in [0.1, 0.15) is 44.0 Å². The first kappa shape index (κ1) is 15.4. The summed E-state index contributed by atoms with van der Waals surface area (Å²) in [6, 6.07) is 3.34. The number of rotatable bonds is 6. The molecule has 0 bridgehead atoms. The molecular formula is C16H21NO4. The van der Waals surface area contributed by atoms with E-state index in [9.17, 15) is 9.59 Å². The first-order valence-electron chi connectivity index (χ1n) is 7.36. The monoisotopic (exact) mass is 291 g/mol. The van der Waals surface area contributed by atoms with Crippen LogP contribution in [0.2, 0.25) is 0 Å². The third-order valence-electron chi connectivity index (χ3n) is 3.30. The van der Waals surface area contributed by atoms with Crippen molar-refractivity contribution in [2.45, 2.75) is 39.7 Å². The molecule has 0 N–H and O–H groups in total. The number of hydrogen-bond acceptors (Lipinski definition) is 4. The number of fused-ring (bicyclic) bond motifs is 1. The summed E-state index contributed by atoms with van der Waals surface area (Å²) >= 11 is 0. The number of carbonyl (C=O) groups is 2. The summed E-state index contributed by atoms with van der Waals surface area (Å²) in [7, 11) is 0. The van der Waals surface area contributed by atoms with Gasteiger partial charge in [-0.15, -0.1) is 0 Å². The maximum atomic E-state index is 12.3. The molecule has 1 aliphatic rings. The maximum absolute atomic E-state index is 12.3. The maximum Gasteiger partial charge on any atom is 0.267 e. The van der Waals surface area contributed by atoms with E-state index in [2.05, 4.69) is 0 Å². The zero-order valence-corrected chi connectivity index (χ0v) is 12.7. The minimum atomic E-state index is -0.546. The highest BCUT2D eigenvalue weighted by molar-refractivity contribution is 6.01. The van der Waals surface area contributed by atoms with E-state index < -0.39 is 6.10 Å². The van der Waals surface area contributed by atoms with Gasteiger partial charge in [-0.3, -0.25) is 9.59 Å². The van der Waals surface area contributed by atoms with Crippen LogP contribution < -0.4 is 14.4 Å². The van der Waals surface area contributed by atoms with E-state index in [4.69, 9.17) is 9.47 Å². The lowest BCUT2D eigenvalue weighted by atomic mass is 10.1. The third kappa shape index (κ3) is 3.01. The van der Waals surface area contributed by atoms with Gasteiger partial charge in [0.05, 0.1) is 12.3 Å². The number of hydrogen-bond donors (Lipinski definition) is 0. The number of aldehydes is 1. The number of carbonyl (C=O) groups excluding carboxylic acids is 2. The minimum absolute atomic E-state index is 0.0890. The Morgan fingerprint density at radius 2 is 2.10 bits per heavy atom. The molecule has 114 valence electrons. The van der Waals surface area contributed by atoms with Crippen molar-refractivity contribution in [1.29, 1.82) is 0 Å². The van der Waals surface area contributed by atoms with Gasteiger partial charge in [0, 0.05) is 12.1 Å². The van der Waals surface area contributed by atoms with Crippen LogP contribution >= 0.6 is 0 Å². The van der Waals surface area contributed by atoms with Crippen molar-refractivity contribution in [1.82, 2.24) is 0 Å². The molecule has 2 rings (SSSR count). The van der Waals surface area contributed by atoms with Crippen LogP contribution in [0.5, 0.6) is 11.5 Å². The highest BCUT2D eigenvalue weighted by Gasteiger charge is 2.33. The van der Waals surface area contributed by atoms with Crippen molar-refractivity contribution < 1.29 is 19.1 Å². The summed E-state index contributed by atoms with van der Waals surface area (Å²) in [5.74, 6) is 0.986. The van der Waals surface area contributed by atoms with Gasteiger partial charge in [-0.2, -0.15) is 0 Å². The number of amides is 1. The topological polar surface area (TPSA) is 55.8 Å². The molecule has 0 saturated heterocycles. The molecule has 0 aliphatic carbocycles. The van der Waals surface area contributed by atoms with Gasteiger partial charge in [-0.25, -0.2) is 0 Å². The van der Waals surface area contributed by atoms with E-state index in [1.807, 2.05) is 13.8 Å². The van der Waals surface area contributed by atoms with E-state index in [1.54, 1.807) is 24.0 Å². The molecule has 0 saturated carbocycles. The molecule has 1 unspecified atom stereocenters. The molecule has 0 spiro atoms. The van der Waals surface area contributed by atoms with Crippen molar-refractivity contribution in [2.75, 3.05) is 18.1 Å². The molecule has 1 heterocycles. The van der Waals surface area contributed by atoms with Crippen molar-refractivity contribution in [3.63, 3.8) is 0 Å². The van der Waals surface area contributed by atoms with Gasteiger partial charge >= 0.3 is 0 Å². The summed E-state index contributed by atoms with van der Waals surface area (Å²) in [4.78, 5) is 25.1. The van der Waals surface area contributed by atoms with Crippen LogP contribution in [0.25, 0.3) is 0 Å². The van der Waals surface area contributed by atoms with Crippen molar-refractivity contribution in [2.24, 2.45) is 0 Å². The number of ether oxygens (including phenoxy) is 2. The van der Waals surface area contributed by atoms with Crippen molar-refractivity contribution in [3.8, 4) is 11.5 Å². The quantitative estimate of drug-likeness (QED) is 0.756. The molecule has 0 aromatic heterocycles.